The van der Waals surface area contributed by atoms with Gasteiger partial charge in [-0.15, -0.1) is 0 Å². The fraction of sp³-hybridized carbons (Fsp3) is 0.556. The van der Waals surface area contributed by atoms with Gasteiger partial charge in [-0.1, -0.05) is 0 Å². The summed E-state index contributed by atoms with van der Waals surface area (Å²) in [5.74, 6) is -0.895. The molecule has 0 radical (unpaired) electrons. The van der Waals surface area contributed by atoms with Crippen LogP contribution in [0.4, 0.5) is 0 Å². The summed E-state index contributed by atoms with van der Waals surface area (Å²) in [7, 11) is 0. The quantitative estimate of drug-likeness (QED) is 0.518. The maximum absolute atomic E-state index is 10.4. The number of allylic oxidation sites excluding steroid dienone is 1. The lowest BCUT2D eigenvalue weighted by Gasteiger charge is -1.98. The average molecular weight is 169 g/mol. The van der Waals surface area contributed by atoms with Gasteiger partial charge in [0.25, 0.3) is 0 Å². The molecule has 0 bridgehead atoms. The molecule has 0 saturated heterocycles. The molecule has 0 fully saturated rings. The third kappa shape index (κ3) is 4.66. The van der Waals surface area contributed by atoms with Gasteiger partial charge in [-0.05, 0) is 33.8 Å². The van der Waals surface area contributed by atoms with Gasteiger partial charge in [0.15, 0.2) is 0 Å². The SMILES string of the molecule is CC(/C=C(\C)C(=O)O)=NC(C)C. The second kappa shape index (κ2) is 4.70. The zero-order chi connectivity index (χ0) is 9.72. The normalized spacial score (nSPS) is 13.8. The Hall–Kier alpha value is -1.12. The average Bonchev–Trinajstić information content (AvgIpc) is 1.84. The third-order valence-corrected chi connectivity index (χ3v) is 1.22. The number of rotatable bonds is 3. The van der Waals surface area contributed by atoms with Crippen LogP contribution in [0, 0.1) is 0 Å². The summed E-state index contributed by atoms with van der Waals surface area (Å²) in [4.78, 5) is 14.6. The van der Waals surface area contributed by atoms with Gasteiger partial charge in [-0.25, -0.2) is 4.79 Å². The van der Waals surface area contributed by atoms with Crippen molar-refractivity contribution >= 4 is 11.7 Å². The van der Waals surface area contributed by atoms with E-state index in [1.807, 2.05) is 13.8 Å². The van der Waals surface area contributed by atoms with E-state index < -0.39 is 5.97 Å². The van der Waals surface area contributed by atoms with Crippen molar-refractivity contribution in [2.24, 2.45) is 4.99 Å². The van der Waals surface area contributed by atoms with Crippen molar-refractivity contribution in [2.75, 3.05) is 0 Å². The van der Waals surface area contributed by atoms with Gasteiger partial charge in [0.05, 0.1) is 0 Å². The van der Waals surface area contributed by atoms with E-state index in [-0.39, 0.29) is 6.04 Å². The van der Waals surface area contributed by atoms with Gasteiger partial charge in [-0.2, -0.15) is 0 Å². The van der Waals surface area contributed by atoms with Crippen LogP contribution in [0.2, 0.25) is 0 Å². The molecule has 0 aliphatic heterocycles. The number of aliphatic carboxylic acids is 1. The lowest BCUT2D eigenvalue weighted by molar-refractivity contribution is -0.132. The van der Waals surface area contributed by atoms with Crippen LogP contribution < -0.4 is 0 Å². The van der Waals surface area contributed by atoms with Crippen LogP contribution >= 0.6 is 0 Å². The Balaban J connectivity index is 4.43. The summed E-state index contributed by atoms with van der Waals surface area (Å²) in [6.07, 6.45) is 1.57. The smallest absolute Gasteiger partial charge is 0.331 e. The standard InChI is InChI=1S/C9H15NO2/c1-6(2)10-8(4)5-7(3)9(11)12/h5-6H,1-4H3,(H,11,12)/b7-5+,10-8?. The first-order valence-corrected chi connectivity index (χ1v) is 3.89. The molecule has 0 aliphatic rings. The fourth-order valence-corrected chi connectivity index (χ4v) is 0.820. The van der Waals surface area contributed by atoms with E-state index in [1.165, 1.54) is 0 Å². The predicted octanol–water partition coefficient (Wildman–Crippen LogP) is 1.89. The first-order valence-electron chi connectivity index (χ1n) is 3.89. The summed E-state index contributed by atoms with van der Waals surface area (Å²) in [6.45, 7) is 7.26. The highest BCUT2D eigenvalue weighted by molar-refractivity contribution is 6.00. The Morgan fingerprint density at radius 3 is 2.25 bits per heavy atom. The van der Waals surface area contributed by atoms with Crippen molar-refractivity contribution in [3.63, 3.8) is 0 Å². The minimum atomic E-state index is -0.895. The molecule has 3 heteroatoms. The Labute approximate surface area is 72.8 Å². The van der Waals surface area contributed by atoms with Gasteiger partial charge in [0, 0.05) is 17.3 Å². The highest BCUT2D eigenvalue weighted by Crippen LogP contribution is 1.96. The first kappa shape index (κ1) is 10.9. The highest BCUT2D eigenvalue weighted by Gasteiger charge is 1.99. The second-order valence-corrected chi connectivity index (χ2v) is 3.00. The van der Waals surface area contributed by atoms with Crippen LogP contribution in [-0.4, -0.2) is 22.8 Å². The molecule has 68 valence electrons. The van der Waals surface area contributed by atoms with Crippen molar-refractivity contribution in [1.82, 2.24) is 0 Å². The number of hydrogen-bond donors (Lipinski definition) is 1. The number of carboxylic acid groups (broad SMARTS) is 1. The molecular weight excluding hydrogens is 154 g/mol. The number of nitrogens with zero attached hydrogens (tertiary/aromatic N) is 1. The molecule has 3 nitrogen and oxygen atoms in total. The number of carboxylic acids is 1. The third-order valence-electron chi connectivity index (χ3n) is 1.22. The van der Waals surface area contributed by atoms with E-state index in [0.29, 0.717) is 5.57 Å². The summed E-state index contributed by atoms with van der Waals surface area (Å²) in [5.41, 5.74) is 1.07. The molecule has 0 aliphatic carbocycles. The van der Waals surface area contributed by atoms with Gasteiger partial charge in [0.2, 0.25) is 0 Å². The first-order chi connectivity index (χ1) is 5.43. The van der Waals surface area contributed by atoms with Gasteiger partial charge < -0.3 is 5.11 Å². The molecule has 0 saturated carbocycles. The van der Waals surface area contributed by atoms with E-state index in [4.69, 9.17) is 5.11 Å². The monoisotopic (exact) mass is 169 g/mol. The molecule has 1 N–H and O–H groups in total. The minimum Gasteiger partial charge on any atom is -0.478 e. The van der Waals surface area contributed by atoms with Crippen molar-refractivity contribution in [2.45, 2.75) is 33.7 Å². The van der Waals surface area contributed by atoms with Crippen LogP contribution in [-0.2, 0) is 4.79 Å². The Bertz CT molecular complexity index is 227. The molecule has 0 spiro atoms. The van der Waals surface area contributed by atoms with Crippen molar-refractivity contribution in [1.29, 1.82) is 0 Å². The van der Waals surface area contributed by atoms with Gasteiger partial charge in [-0.3, -0.25) is 4.99 Å². The van der Waals surface area contributed by atoms with Gasteiger partial charge in [0.1, 0.15) is 0 Å². The summed E-state index contributed by atoms with van der Waals surface area (Å²) < 4.78 is 0. The molecule has 0 unspecified atom stereocenters. The lowest BCUT2D eigenvalue weighted by atomic mass is 10.2. The van der Waals surface area contributed by atoms with E-state index in [9.17, 15) is 4.79 Å². The summed E-state index contributed by atoms with van der Waals surface area (Å²) >= 11 is 0. The largest absolute Gasteiger partial charge is 0.478 e. The summed E-state index contributed by atoms with van der Waals surface area (Å²) in [6, 6.07) is 0.211. The van der Waals surface area contributed by atoms with Crippen molar-refractivity contribution in [3.05, 3.63) is 11.6 Å². The van der Waals surface area contributed by atoms with Crippen LogP contribution in [0.3, 0.4) is 0 Å². The van der Waals surface area contributed by atoms with Crippen LogP contribution in [0.1, 0.15) is 27.7 Å². The molecule has 0 atom stereocenters. The van der Waals surface area contributed by atoms with Crippen LogP contribution in [0.15, 0.2) is 16.6 Å². The topological polar surface area (TPSA) is 49.7 Å². The minimum absolute atomic E-state index is 0.211. The second-order valence-electron chi connectivity index (χ2n) is 3.00. The van der Waals surface area contributed by atoms with Crippen molar-refractivity contribution in [3.8, 4) is 0 Å². The lowest BCUT2D eigenvalue weighted by Crippen LogP contribution is -2.01. The molecule has 0 aromatic carbocycles. The van der Waals surface area contributed by atoms with E-state index in [0.717, 1.165) is 5.71 Å². The summed E-state index contributed by atoms with van der Waals surface area (Å²) in [5, 5.41) is 8.54. The fourth-order valence-electron chi connectivity index (χ4n) is 0.820. The van der Waals surface area contributed by atoms with Crippen LogP contribution in [0.5, 0.6) is 0 Å². The maximum atomic E-state index is 10.4. The molecule has 0 rings (SSSR count). The molecule has 0 amide bonds. The number of hydrogen-bond acceptors (Lipinski definition) is 2. The Morgan fingerprint density at radius 2 is 1.92 bits per heavy atom. The Kier molecular flexibility index (Phi) is 4.26. The predicted molar refractivity (Wildman–Crippen MR) is 49.6 cm³/mol. The number of carbonyl (C=O) groups is 1. The van der Waals surface area contributed by atoms with E-state index >= 15 is 0 Å². The molecule has 0 aromatic rings. The Morgan fingerprint density at radius 1 is 1.42 bits per heavy atom. The molecular formula is C9H15NO2. The van der Waals surface area contributed by atoms with E-state index in [2.05, 4.69) is 4.99 Å². The maximum Gasteiger partial charge on any atom is 0.331 e. The molecule has 0 aromatic heterocycles. The molecule has 12 heavy (non-hydrogen) atoms. The molecule has 0 heterocycles. The zero-order valence-corrected chi connectivity index (χ0v) is 7.96. The van der Waals surface area contributed by atoms with E-state index in [1.54, 1.807) is 19.9 Å². The van der Waals surface area contributed by atoms with Crippen molar-refractivity contribution < 1.29 is 9.90 Å². The van der Waals surface area contributed by atoms with Crippen LogP contribution in [0.25, 0.3) is 0 Å². The zero-order valence-electron chi connectivity index (χ0n) is 7.96. The highest BCUT2D eigenvalue weighted by atomic mass is 16.4. The number of aliphatic imine (C=N–C) groups is 1. The van der Waals surface area contributed by atoms with Gasteiger partial charge >= 0.3 is 5.97 Å².